The van der Waals surface area contributed by atoms with Crippen molar-refractivity contribution in [1.82, 2.24) is 25.7 Å². The summed E-state index contributed by atoms with van der Waals surface area (Å²) in [6.07, 6.45) is 2.42. The second-order valence-corrected chi connectivity index (χ2v) is 6.03. The van der Waals surface area contributed by atoms with Gasteiger partial charge in [-0.15, -0.1) is 0 Å². The first-order chi connectivity index (χ1) is 12.0. The maximum atomic E-state index is 10.7. The number of nitrogens with zero attached hydrogens (tertiary/aromatic N) is 3. The molecule has 2 unspecified atom stereocenters. The smallest absolute Gasteiger partial charge is 0.341 e. The number of para-hydroxylation sites is 1. The van der Waals surface area contributed by atoms with Crippen molar-refractivity contribution >= 4 is 24.4 Å². The minimum absolute atomic E-state index is 0.0152. The third-order valence-electron chi connectivity index (χ3n) is 3.66. The maximum Gasteiger partial charge on any atom is 0.341 e. The molecule has 0 saturated carbocycles. The van der Waals surface area contributed by atoms with Gasteiger partial charge in [-0.1, -0.05) is 12.1 Å². The number of carboxylic acids is 1. The third-order valence-corrected chi connectivity index (χ3v) is 3.93. The SMILES string of the molecule is CC1CC(c2n[nH]c(=S)n2/N=C/c2ccccc2OCC(=O)O)NN1. The molecule has 0 bridgehead atoms. The fraction of sp³-hybridized carbons (Fsp3) is 0.333. The highest BCUT2D eigenvalue weighted by Crippen LogP contribution is 2.21. The zero-order valence-corrected chi connectivity index (χ0v) is 14.3. The van der Waals surface area contributed by atoms with Gasteiger partial charge in [0.15, 0.2) is 12.4 Å². The van der Waals surface area contributed by atoms with E-state index in [1.807, 2.05) is 6.07 Å². The summed E-state index contributed by atoms with van der Waals surface area (Å²) in [5.41, 5.74) is 6.93. The number of carbonyl (C=O) groups is 1. The topological polar surface area (TPSA) is 117 Å². The molecule has 1 aliphatic rings. The van der Waals surface area contributed by atoms with Crippen molar-refractivity contribution in [3.8, 4) is 5.75 Å². The van der Waals surface area contributed by atoms with Gasteiger partial charge in [-0.3, -0.25) is 10.5 Å². The quantitative estimate of drug-likeness (QED) is 0.451. The van der Waals surface area contributed by atoms with Gasteiger partial charge in [0, 0.05) is 11.6 Å². The van der Waals surface area contributed by atoms with Gasteiger partial charge in [-0.2, -0.15) is 14.9 Å². The molecule has 1 aliphatic heterocycles. The molecular weight excluding hydrogens is 344 g/mol. The lowest BCUT2D eigenvalue weighted by molar-refractivity contribution is -0.139. The summed E-state index contributed by atoms with van der Waals surface area (Å²) < 4.78 is 7.19. The van der Waals surface area contributed by atoms with Crippen molar-refractivity contribution in [2.24, 2.45) is 5.10 Å². The standard InChI is InChI=1S/C15H18N6O3S/c1-9-6-11(18-17-9)14-19-20-15(25)21(14)16-7-10-4-2-3-5-12(10)24-8-13(22)23/h2-5,7,9,11,17-18H,6,8H2,1H3,(H,20,25)(H,22,23)/b16-7+. The lowest BCUT2D eigenvalue weighted by Gasteiger charge is -2.08. The monoisotopic (exact) mass is 362 g/mol. The molecule has 0 spiro atoms. The van der Waals surface area contributed by atoms with Crippen LogP contribution in [0.4, 0.5) is 0 Å². The Balaban J connectivity index is 1.85. The molecule has 2 aromatic rings. The zero-order chi connectivity index (χ0) is 17.8. The number of aromatic nitrogens is 3. The second kappa shape index (κ2) is 7.55. The fourth-order valence-corrected chi connectivity index (χ4v) is 2.69. The highest BCUT2D eigenvalue weighted by atomic mass is 32.1. The number of hydrazine groups is 1. The number of aliphatic carboxylic acids is 1. The van der Waals surface area contributed by atoms with Crippen molar-refractivity contribution in [3.05, 3.63) is 40.4 Å². The molecule has 1 aromatic carbocycles. The van der Waals surface area contributed by atoms with Crippen LogP contribution >= 0.6 is 12.2 Å². The van der Waals surface area contributed by atoms with E-state index in [9.17, 15) is 4.79 Å². The Morgan fingerprint density at radius 3 is 3.04 bits per heavy atom. The average Bonchev–Trinajstić information content (AvgIpc) is 3.17. The molecule has 9 nitrogen and oxygen atoms in total. The van der Waals surface area contributed by atoms with Gasteiger partial charge in [0.2, 0.25) is 4.77 Å². The summed E-state index contributed by atoms with van der Waals surface area (Å²) >= 11 is 5.25. The van der Waals surface area contributed by atoms with E-state index in [1.54, 1.807) is 29.1 Å². The van der Waals surface area contributed by atoms with Gasteiger partial charge in [0.25, 0.3) is 0 Å². The normalized spacial score (nSPS) is 20.2. The number of hydrogen-bond acceptors (Lipinski definition) is 7. The van der Waals surface area contributed by atoms with E-state index in [1.165, 1.54) is 0 Å². The van der Waals surface area contributed by atoms with E-state index in [4.69, 9.17) is 22.1 Å². The van der Waals surface area contributed by atoms with Crippen molar-refractivity contribution in [3.63, 3.8) is 0 Å². The summed E-state index contributed by atoms with van der Waals surface area (Å²) in [6.45, 7) is 1.65. The number of H-pyrrole nitrogens is 1. The number of rotatable bonds is 6. The van der Waals surface area contributed by atoms with Gasteiger partial charge in [0.1, 0.15) is 5.75 Å². The molecule has 132 valence electrons. The zero-order valence-electron chi connectivity index (χ0n) is 13.5. The van der Waals surface area contributed by atoms with E-state index in [0.29, 0.717) is 28.0 Å². The minimum atomic E-state index is -1.04. The summed E-state index contributed by atoms with van der Waals surface area (Å²) in [6, 6.07) is 7.34. The molecule has 0 amide bonds. The molecule has 0 radical (unpaired) electrons. The van der Waals surface area contributed by atoms with Crippen LogP contribution in [0.15, 0.2) is 29.4 Å². The van der Waals surface area contributed by atoms with Crippen LogP contribution in [0.2, 0.25) is 0 Å². The summed E-state index contributed by atoms with van der Waals surface area (Å²) in [5.74, 6) is 0.0570. The third kappa shape index (κ3) is 4.10. The molecule has 3 rings (SSSR count). The lowest BCUT2D eigenvalue weighted by Crippen LogP contribution is -2.29. The Morgan fingerprint density at radius 2 is 2.32 bits per heavy atom. The number of aromatic amines is 1. The minimum Gasteiger partial charge on any atom is -0.481 e. The number of hydrogen-bond donors (Lipinski definition) is 4. The summed E-state index contributed by atoms with van der Waals surface area (Å²) in [7, 11) is 0. The fourth-order valence-electron chi connectivity index (χ4n) is 2.50. The van der Waals surface area contributed by atoms with E-state index < -0.39 is 12.6 Å². The van der Waals surface area contributed by atoms with Crippen LogP contribution in [0.5, 0.6) is 5.75 Å². The van der Waals surface area contributed by atoms with Gasteiger partial charge in [0.05, 0.1) is 12.3 Å². The van der Waals surface area contributed by atoms with Crippen LogP contribution in [0.25, 0.3) is 0 Å². The first-order valence-corrected chi connectivity index (χ1v) is 8.11. The molecule has 1 saturated heterocycles. The number of nitrogens with one attached hydrogen (secondary N) is 3. The van der Waals surface area contributed by atoms with Crippen LogP contribution in [-0.2, 0) is 4.79 Å². The van der Waals surface area contributed by atoms with Crippen LogP contribution < -0.4 is 15.6 Å². The lowest BCUT2D eigenvalue weighted by atomic mass is 10.1. The van der Waals surface area contributed by atoms with E-state index in [0.717, 1.165) is 6.42 Å². The van der Waals surface area contributed by atoms with E-state index in [2.05, 4.69) is 33.1 Å². The first kappa shape index (κ1) is 17.3. The largest absolute Gasteiger partial charge is 0.481 e. The van der Waals surface area contributed by atoms with E-state index in [-0.39, 0.29) is 6.04 Å². The maximum absolute atomic E-state index is 10.7. The highest BCUT2D eigenvalue weighted by molar-refractivity contribution is 7.71. The molecular formula is C15H18N6O3S. The molecule has 4 N–H and O–H groups in total. The number of benzene rings is 1. The predicted octanol–water partition coefficient (Wildman–Crippen LogP) is 1.21. The molecule has 1 fully saturated rings. The molecule has 1 aromatic heterocycles. The molecule has 2 heterocycles. The van der Waals surface area contributed by atoms with Crippen molar-refractivity contribution in [2.75, 3.05) is 6.61 Å². The number of carboxylic acid groups (broad SMARTS) is 1. The molecule has 10 heteroatoms. The second-order valence-electron chi connectivity index (χ2n) is 5.64. The van der Waals surface area contributed by atoms with Crippen LogP contribution in [-0.4, -0.2) is 44.8 Å². The summed E-state index contributed by atoms with van der Waals surface area (Å²) in [4.78, 5) is 10.7. The van der Waals surface area contributed by atoms with Crippen LogP contribution in [0.1, 0.15) is 30.8 Å². The summed E-state index contributed by atoms with van der Waals surface area (Å²) in [5, 5.41) is 20.1. The van der Waals surface area contributed by atoms with Crippen LogP contribution in [0, 0.1) is 4.77 Å². The van der Waals surface area contributed by atoms with Gasteiger partial charge < -0.3 is 9.84 Å². The Labute approximate surface area is 148 Å². The molecule has 2 atom stereocenters. The predicted molar refractivity (Wildman–Crippen MR) is 93.1 cm³/mol. The van der Waals surface area contributed by atoms with Gasteiger partial charge in [-0.05, 0) is 37.7 Å². The number of ether oxygens (including phenoxy) is 1. The van der Waals surface area contributed by atoms with Gasteiger partial charge in [-0.25, -0.2) is 10.2 Å². The first-order valence-electron chi connectivity index (χ1n) is 7.71. The Morgan fingerprint density at radius 1 is 1.52 bits per heavy atom. The van der Waals surface area contributed by atoms with Crippen LogP contribution in [0.3, 0.4) is 0 Å². The highest BCUT2D eigenvalue weighted by Gasteiger charge is 2.26. The molecule has 0 aliphatic carbocycles. The van der Waals surface area contributed by atoms with Crippen molar-refractivity contribution in [1.29, 1.82) is 0 Å². The Kier molecular flexibility index (Phi) is 5.22. The Bertz CT molecular complexity index is 846. The van der Waals surface area contributed by atoms with Gasteiger partial charge >= 0.3 is 5.97 Å². The molecule has 25 heavy (non-hydrogen) atoms. The van der Waals surface area contributed by atoms with Crippen molar-refractivity contribution < 1.29 is 14.6 Å². The average molecular weight is 362 g/mol. The van der Waals surface area contributed by atoms with Crippen molar-refractivity contribution in [2.45, 2.75) is 25.4 Å². The Hall–Kier alpha value is -2.56. The van der Waals surface area contributed by atoms with E-state index >= 15 is 0 Å².